The van der Waals surface area contributed by atoms with E-state index in [1.54, 1.807) is 0 Å². The Morgan fingerprint density at radius 2 is 2.21 bits per heavy atom. The lowest BCUT2D eigenvalue weighted by atomic mass is 9.98. The van der Waals surface area contributed by atoms with Crippen LogP contribution in [0, 0.1) is 0 Å². The molecule has 0 aromatic heterocycles. The highest BCUT2D eigenvalue weighted by atomic mass is 15.2. The van der Waals surface area contributed by atoms with Crippen molar-refractivity contribution in [3.05, 3.63) is 12.7 Å². The lowest BCUT2D eigenvalue weighted by Gasteiger charge is -2.41. The van der Waals surface area contributed by atoms with Crippen molar-refractivity contribution < 1.29 is 0 Å². The van der Waals surface area contributed by atoms with Crippen LogP contribution in [-0.4, -0.2) is 36.1 Å². The molecule has 0 amide bonds. The molecule has 2 heteroatoms. The van der Waals surface area contributed by atoms with Gasteiger partial charge in [-0.05, 0) is 40.2 Å². The highest BCUT2D eigenvalue weighted by Crippen LogP contribution is 2.19. The zero-order valence-electron chi connectivity index (χ0n) is 9.84. The van der Waals surface area contributed by atoms with Gasteiger partial charge >= 0.3 is 0 Å². The quantitative estimate of drug-likeness (QED) is 0.695. The van der Waals surface area contributed by atoms with Gasteiger partial charge in [-0.1, -0.05) is 6.08 Å². The standard InChI is InChI=1S/C12H24N2/c1-5-8-13-11-7-6-9-14(10-11)12(2,3)4/h5,11,13H,1,6-10H2,2-4H3/t11-/m1/s1. The number of hydrogen-bond acceptors (Lipinski definition) is 2. The summed E-state index contributed by atoms with van der Waals surface area (Å²) in [5.41, 5.74) is 0.314. The molecule has 2 nitrogen and oxygen atoms in total. The summed E-state index contributed by atoms with van der Waals surface area (Å²) in [6.45, 7) is 14.0. The average Bonchev–Trinajstić information content (AvgIpc) is 2.14. The van der Waals surface area contributed by atoms with Crippen LogP contribution < -0.4 is 5.32 Å². The molecule has 0 bridgehead atoms. The van der Waals surface area contributed by atoms with Crippen molar-refractivity contribution >= 4 is 0 Å². The van der Waals surface area contributed by atoms with Crippen LogP contribution in [0.1, 0.15) is 33.6 Å². The largest absolute Gasteiger partial charge is 0.309 e. The van der Waals surface area contributed by atoms with Gasteiger partial charge in [-0.15, -0.1) is 6.58 Å². The molecule has 1 rings (SSSR count). The van der Waals surface area contributed by atoms with Crippen LogP contribution in [0.5, 0.6) is 0 Å². The first-order valence-corrected chi connectivity index (χ1v) is 5.63. The van der Waals surface area contributed by atoms with Crippen LogP contribution >= 0.6 is 0 Å². The maximum atomic E-state index is 3.74. The first kappa shape index (κ1) is 11.7. The van der Waals surface area contributed by atoms with Crippen LogP contribution in [0.3, 0.4) is 0 Å². The summed E-state index contributed by atoms with van der Waals surface area (Å²) >= 11 is 0. The molecule has 1 saturated heterocycles. The van der Waals surface area contributed by atoms with Gasteiger partial charge in [-0.3, -0.25) is 4.90 Å². The Bertz CT molecular complexity index is 181. The van der Waals surface area contributed by atoms with Gasteiger partial charge in [-0.25, -0.2) is 0 Å². The van der Waals surface area contributed by atoms with E-state index >= 15 is 0 Å². The minimum absolute atomic E-state index is 0.314. The van der Waals surface area contributed by atoms with E-state index in [-0.39, 0.29) is 0 Å². The molecule has 14 heavy (non-hydrogen) atoms. The highest BCUT2D eigenvalue weighted by molar-refractivity contribution is 4.86. The van der Waals surface area contributed by atoms with Gasteiger partial charge in [0.1, 0.15) is 0 Å². The fourth-order valence-corrected chi connectivity index (χ4v) is 2.00. The Balaban J connectivity index is 2.39. The Morgan fingerprint density at radius 3 is 2.79 bits per heavy atom. The molecule has 0 aromatic rings. The summed E-state index contributed by atoms with van der Waals surface area (Å²) in [4.78, 5) is 2.57. The fourth-order valence-electron chi connectivity index (χ4n) is 2.00. The van der Waals surface area contributed by atoms with Gasteiger partial charge in [0.25, 0.3) is 0 Å². The van der Waals surface area contributed by atoms with Crippen molar-refractivity contribution in [1.29, 1.82) is 0 Å². The fraction of sp³-hybridized carbons (Fsp3) is 0.833. The third-order valence-electron chi connectivity index (χ3n) is 2.92. The smallest absolute Gasteiger partial charge is 0.0198 e. The molecule has 0 aliphatic carbocycles. The van der Waals surface area contributed by atoms with E-state index in [1.165, 1.54) is 25.9 Å². The topological polar surface area (TPSA) is 15.3 Å². The molecule has 1 atom stereocenters. The summed E-state index contributed by atoms with van der Waals surface area (Å²) < 4.78 is 0. The van der Waals surface area contributed by atoms with Crippen molar-refractivity contribution in [2.75, 3.05) is 19.6 Å². The SMILES string of the molecule is C=CCN[C@@H]1CCCN(C(C)(C)C)C1. The van der Waals surface area contributed by atoms with E-state index in [0.717, 1.165) is 6.54 Å². The predicted octanol–water partition coefficient (Wildman–Crippen LogP) is 2.02. The van der Waals surface area contributed by atoms with E-state index in [1.807, 2.05) is 6.08 Å². The molecule has 0 unspecified atom stereocenters. The van der Waals surface area contributed by atoms with Crippen LogP contribution in [0.4, 0.5) is 0 Å². The second-order valence-electron chi connectivity index (χ2n) is 5.15. The van der Waals surface area contributed by atoms with E-state index in [0.29, 0.717) is 11.6 Å². The van der Waals surface area contributed by atoms with E-state index < -0.39 is 0 Å². The van der Waals surface area contributed by atoms with Crippen LogP contribution in [-0.2, 0) is 0 Å². The molecule has 1 aliphatic heterocycles. The maximum Gasteiger partial charge on any atom is 0.0198 e. The Kier molecular flexibility index (Phi) is 4.14. The van der Waals surface area contributed by atoms with Gasteiger partial charge in [0.15, 0.2) is 0 Å². The van der Waals surface area contributed by atoms with Gasteiger partial charge in [0.05, 0.1) is 0 Å². The number of nitrogens with one attached hydrogen (secondary N) is 1. The number of nitrogens with zero attached hydrogens (tertiary/aromatic N) is 1. The van der Waals surface area contributed by atoms with Crippen molar-refractivity contribution in [3.63, 3.8) is 0 Å². The van der Waals surface area contributed by atoms with Gasteiger partial charge in [0.2, 0.25) is 0 Å². The third-order valence-corrected chi connectivity index (χ3v) is 2.92. The number of hydrogen-bond donors (Lipinski definition) is 1. The summed E-state index contributed by atoms with van der Waals surface area (Å²) in [7, 11) is 0. The molecule has 82 valence electrons. The molecule has 1 N–H and O–H groups in total. The first-order chi connectivity index (χ1) is 6.54. The predicted molar refractivity (Wildman–Crippen MR) is 62.5 cm³/mol. The molecule has 1 heterocycles. The van der Waals surface area contributed by atoms with Gasteiger partial charge in [0, 0.05) is 24.7 Å². The van der Waals surface area contributed by atoms with Gasteiger partial charge in [-0.2, -0.15) is 0 Å². The molecular weight excluding hydrogens is 172 g/mol. The zero-order chi connectivity index (χ0) is 10.6. The normalized spacial score (nSPS) is 24.9. The lowest BCUT2D eigenvalue weighted by Crippen LogP contribution is -2.52. The maximum absolute atomic E-state index is 3.74. The van der Waals surface area contributed by atoms with Crippen LogP contribution in [0.2, 0.25) is 0 Å². The second kappa shape index (κ2) is 4.94. The van der Waals surface area contributed by atoms with E-state index in [2.05, 4.69) is 37.6 Å². The lowest BCUT2D eigenvalue weighted by molar-refractivity contribution is 0.0917. The number of piperidine rings is 1. The summed E-state index contributed by atoms with van der Waals surface area (Å²) in [6.07, 6.45) is 4.56. The number of likely N-dealkylation sites (tertiary alicyclic amines) is 1. The first-order valence-electron chi connectivity index (χ1n) is 5.63. The van der Waals surface area contributed by atoms with E-state index in [4.69, 9.17) is 0 Å². The Hall–Kier alpha value is -0.340. The minimum Gasteiger partial charge on any atom is -0.309 e. The second-order valence-corrected chi connectivity index (χ2v) is 5.15. The van der Waals surface area contributed by atoms with Gasteiger partial charge < -0.3 is 5.32 Å². The summed E-state index contributed by atoms with van der Waals surface area (Å²) in [5.74, 6) is 0. The summed E-state index contributed by atoms with van der Waals surface area (Å²) in [5, 5.41) is 3.51. The minimum atomic E-state index is 0.314. The molecule has 0 spiro atoms. The van der Waals surface area contributed by atoms with Crippen molar-refractivity contribution in [2.45, 2.75) is 45.2 Å². The molecule has 0 saturated carbocycles. The van der Waals surface area contributed by atoms with Crippen molar-refractivity contribution in [1.82, 2.24) is 10.2 Å². The molecule has 1 fully saturated rings. The Labute approximate surface area is 88.4 Å². The average molecular weight is 196 g/mol. The third kappa shape index (κ3) is 3.43. The highest BCUT2D eigenvalue weighted by Gasteiger charge is 2.27. The Morgan fingerprint density at radius 1 is 1.50 bits per heavy atom. The molecular formula is C12H24N2. The molecule has 1 aliphatic rings. The summed E-state index contributed by atoms with van der Waals surface area (Å²) in [6, 6.07) is 0.654. The van der Waals surface area contributed by atoms with Crippen LogP contribution in [0.15, 0.2) is 12.7 Å². The monoisotopic (exact) mass is 196 g/mol. The van der Waals surface area contributed by atoms with E-state index in [9.17, 15) is 0 Å². The van der Waals surface area contributed by atoms with Crippen molar-refractivity contribution in [3.8, 4) is 0 Å². The molecule has 0 radical (unpaired) electrons. The van der Waals surface area contributed by atoms with Crippen molar-refractivity contribution in [2.24, 2.45) is 0 Å². The number of rotatable bonds is 3. The molecule has 0 aromatic carbocycles. The van der Waals surface area contributed by atoms with Crippen LogP contribution in [0.25, 0.3) is 0 Å². The zero-order valence-corrected chi connectivity index (χ0v) is 9.84.